The zero-order chi connectivity index (χ0) is 13.8. The summed E-state index contributed by atoms with van der Waals surface area (Å²) in [4.78, 5) is 2.45. The largest absolute Gasteiger partial charge is 0.508 e. The van der Waals surface area contributed by atoms with Gasteiger partial charge in [0.1, 0.15) is 11.5 Å². The number of likely N-dealkylation sites (tertiary alicyclic amines) is 1. The van der Waals surface area contributed by atoms with Crippen molar-refractivity contribution < 1.29 is 10.2 Å². The Balaban J connectivity index is 1.98. The number of hydrogen-bond acceptors (Lipinski definition) is 4. The quantitative estimate of drug-likeness (QED) is 0.780. The summed E-state index contributed by atoms with van der Waals surface area (Å²) in [6.07, 6.45) is 2.41. The number of likely N-dealkylation sites (N-methyl/N-ethyl adjacent to an activating group) is 1. The molecule has 19 heavy (non-hydrogen) atoms. The van der Waals surface area contributed by atoms with Crippen LogP contribution in [0.1, 0.15) is 38.3 Å². The smallest absolute Gasteiger partial charge is 0.119 e. The monoisotopic (exact) mass is 264 g/mol. The van der Waals surface area contributed by atoms with E-state index in [9.17, 15) is 10.2 Å². The number of nitrogens with zero attached hydrogens (tertiary/aromatic N) is 1. The Morgan fingerprint density at radius 3 is 2.63 bits per heavy atom. The van der Waals surface area contributed by atoms with Crippen molar-refractivity contribution in [3.05, 3.63) is 23.8 Å². The number of rotatable bonds is 4. The van der Waals surface area contributed by atoms with Crippen molar-refractivity contribution in [2.75, 3.05) is 19.6 Å². The summed E-state index contributed by atoms with van der Waals surface area (Å²) in [7, 11) is 0. The van der Waals surface area contributed by atoms with Crippen molar-refractivity contribution in [1.29, 1.82) is 0 Å². The van der Waals surface area contributed by atoms with Gasteiger partial charge < -0.3 is 20.4 Å². The van der Waals surface area contributed by atoms with Crippen LogP contribution in [0.25, 0.3) is 0 Å². The van der Waals surface area contributed by atoms with Gasteiger partial charge in [0, 0.05) is 24.7 Å². The van der Waals surface area contributed by atoms with E-state index in [1.54, 1.807) is 12.1 Å². The molecule has 1 saturated heterocycles. The first-order chi connectivity index (χ1) is 9.08. The first-order valence-corrected chi connectivity index (χ1v) is 7.09. The van der Waals surface area contributed by atoms with Crippen LogP contribution in [0.2, 0.25) is 0 Å². The summed E-state index contributed by atoms with van der Waals surface area (Å²) in [5.41, 5.74) is 0.922. The van der Waals surface area contributed by atoms with Crippen molar-refractivity contribution in [2.45, 2.75) is 38.8 Å². The van der Waals surface area contributed by atoms with Gasteiger partial charge in [0.2, 0.25) is 0 Å². The Kier molecular flexibility index (Phi) is 4.66. The highest BCUT2D eigenvalue weighted by Crippen LogP contribution is 2.25. The van der Waals surface area contributed by atoms with E-state index in [0.29, 0.717) is 6.04 Å². The first kappa shape index (κ1) is 14.2. The second-order valence-electron chi connectivity index (χ2n) is 5.40. The minimum absolute atomic E-state index is 0.113. The molecule has 2 unspecified atom stereocenters. The van der Waals surface area contributed by atoms with Gasteiger partial charge in [-0.05, 0) is 50.6 Å². The van der Waals surface area contributed by atoms with E-state index in [2.05, 4.69) is 24.1 Å². The van der Waals surface area contributed by atoms with Crippen molar-refractivity contribution in [2.24, 2.45) is 0 Å². The van der Waals surface area contributed by atoms with Crippen LogP contribution in [0.3, 0.4) is 0 Å². The van der Waals surface area contributed by atoms with E-state index >= 15 is 0 Å². The fourth-order valence-electron chi connectivity index (χ4n) is 2.80. The number of phenolic OH excluding ortho intramolecular Hbond substituents is 2. The predicted molar refractivity (Wildman–Crippen MR) is 76.5 cm³/mol. The Morgan fingerprint density at radius 2 is 2.00 bits per heavy atom. The lowest BCUT2D eigenvalue weighted by molar-refractivity contribution is 0.192. The SMILES string of the molecule is CCN1CCCC(NC(C)c2cc(O)cc(O)c2)C1. The number of aromatic hydroxyl groups is 2. The Morgan fingerprint density at radius 1 is 1.32 bits per heavy atom. The number of nitrogens with one attached hydrogen (secondary N) is 1. The molecule has 2 atom stereocenters. The van der Waals surface area contributed by atoms with Gasteiger partial charge in [-0.15, -0.1) is 0 Å². The molecule has 1 heterocycles. The highest BCUT2D eigenvalue weighted by atomic mass is 16.3. The standard InChI is InChI=1S/C15H24N2O2/c1-3-17-6-4-5-13(10-17)16-11(2)12-7-14(18)9-15(19)8-12/h7-9,11,13,16,18-19H,3-6,10H2,1-2H3. The Bertz CT molecular complexity index is 402. The summed E-state index contributed by atoms with van der Waals surface area (Å²) in [5.74, 6) is 0.227. The van der Waals surface area contributed by atoms with Crippen LogP contribution in [0.15, 0.2) is 18.2 Å². The van der Waals surface area contributed by atoms with E-state index in [-0.39, 0.29) is 17.5 Å². The molecule has 0 bridgehead atoms. The maximum atomic E-state index is 9.53. The molecule has 1 aliphatic rings. The average Bonchev–Trinajstić information content (AvgIpc) is 2.37. The van der Waals surface area contributed by atoms with E-state index in [0.717, 1.165) is 18.7 Å². The Hall–Kier alpha value is -1.26. The molecule has 0 aromatic heterocycles. The van der Waals surface area contributed by atoms with Crippen molar-refractivity contribution in [3.63, 3.8) is 0 Å². The molecule has 106 valence electrons. The second kappa shape index (κ2) is 6.26. The van der Waals surface area contributed by atoms with Crippen LogP contribution >= 0.6 is 0 Å². The zero-order valence-corrected chi connectivity index (χ0v) is 11.8. The van der Waals surface area contributed by atoms with Gasteiger partial charge >= 0.3 is 0 Å². The van der Waals surface area contributed by atoms with Crippen molar-refractivity contribution >= 4 is 0 Å². The average molecular weight is 264 g/mol. The molecule has 1 fully saturated rings. The normalized spacial score (nSPS) is 22.3. The lowest BCUT2D eigenvalue weighted by Crippen LogP contribution is -2.46. The highest BCUT2D eigenvalue weighted by Gasteiger charge is 2.20. The maximum Gasteiger partial charge on any atom is 0.119 e. The fourth-order valence-corrected chi connectivity index (χ4v) is 2.80. The third-order valence-electron chi connectivity index (χ3n) is 3.86. The molecule has 0 radical (unpaired) electrons. The van der Waals surface area contributed by atoms with Crippen LogP contribution in [-0.4, -0.2) is 40.8 Å². The molecule has 0 spiro atoms. The van der Waals surface area contributed by atoms with Crippen LogP contribution in [0.4, 0.5) is 0 Å². The van der Waals surface area contributed by atoms with Crippen LogP contribution in [0.5, 0.6) is 11.5 Å². The lowest BCUT2D eigenvalue weighted by atomic mass is 10.0. The minimum atomic E-state index is 0.113. The zero-order valence-electron chi connectivity index (χ0n) is 11.8. The molecule has 1 aliphatic heterocycles. The maximum absolute atomic E-state index is 9.53. The molecule has 3 N–H and O–H groups in total. The molecular formula is C15H24N2O2. The van der Waals surface area contributed by atoms with Gasteiger partial charge in [-0.25, -0.2) is 0 Å². The number of hydrogen-bond donors (Lipinski definition) is 3. The molecule has 4 heteroatoms. The van der Waals surface area contributed by atoms with E-state index in [1.807, 2.05) is 0 Å². The molecule has 4 nitrogen and oxygen atoms in total. The highest BCUT2D eigenvalue weighted by molar-refractivity contribution is 5.37. The van der Waals surface area contributed by atoms with Gasteiger partial charge in [-0.3, -0.25) is 0 Å². The number of piperidine rings is 1. The van der Waals surface area contributed by atoms with E-state index in [1.165, 1.54) is 25.5 Å². The topological polar surface area (TPSA) is 55.7 Å². The summed E-state index contributed by atoms with van der Waals surface area (Å²) in [6, 6.07) is 5.37. The number of phenols is 2. The van der Waals surface area contributed by atoms with Gasteiger partial charge in [-0.1, -0.05) is 6.92 Å². The summed E-state index contributed by atoms with van der Waals surface area (Å²) >= 11 is 0. The van der Waals surface area contributed by atoms with Crippen LogP contribution < -0.4 is 5.32 Å². The van der Waals surface area contributed by atoms with Gasteiger partial charge in [0.25, 0.3) is 0 Å². The molecule has 0 amide bonds. The lowest BCUT2D eigenvalue weighted by Gasteiger charge is -2.34. The molecule has 2 rings (SSSR count). The third-order valence-corrected chi connectivity index (χ3v) is 3.86. The molecular weight excluding hydrogens is 240 g/mol. The predicted octanol–water partition coefficient (Wildman–Crippen LogP) is 2.23. The molecule has 1 aromatic rings. The van der Waals surface area contributed by atoms with E-state index < -0.39 is 0 Å². The first-order valence-electron chi connectivity index (χ1n) is 7.09. The van der Waals surface area contributed by atoms with Gasteiger partial charge in [-0.2, -0.15) is 0 Å². The molecule has 0 saturated carbocycles. The van der Waals surface area contributed by atoms with Crippen LogP contribution in [0, 0.1) is 0 Å². The summed E-state index contributed by atoms with van der Waals surface area (Å²) in [6.45, 7) is 7.62. The van der Waals surface area contributed by atoms with E-state index in [4.69, 9.17) is 0 Å². The third kappa shape index (κ3) is 3.85. The minimum Gasteiger partial charge on any atom is -0.508 e. The Labute approximate surface area is 115 Å². The number of benzene rings is 1. The van der Waals surface area contributed by atoms with Gasteiger partial charge in [0.15, 0.2) is 0 Å². The summed E-state index contributed by atoms with van der Waals surface area (Å²) in [5, 5.41) is 22.7. The fraction of sp³-hybridized carbons (Fsp3) is 0.600. The van der Waals surface area contributed by atoms with Crippen molar-refractivity contribution in [1.82, 2.24) is 10.2 Å². The second-order valence-corrected chi connectivity index (χ2v) is 5.40. The molecule has 1 aromatic carbocycles. The summed E-state index contributed by atoms with van der Waals surface area (Å²) < 4.78 is 0. The van der Waals surface area contributed by atoms with Crippen LogP contribution in [-0.2, 0) is 0 Å². The molecule has 0 aliphatic carbocycles. The van der Waals surface area contributed by atoms with Crippen molar-refractivity contribution in [3.8, 4) is 11.5 Å². The van der Waals surface area contributed by atoms with Gasteiger partial charge in [0.05, 0.1) is 0 Å².